The van der Waals surface area contributed by atoms with Crippen LogP contribution >= 0.6 is 11.6 Å². The summed E-state index contributed by atoms with van der Waals surface area (Å²) >= 11 is 6.03. The van der Waals surface area contributed by atoms with Gasteiger partial charge in [-0.3, -0.25) is 9.78 Å². The zero-order valence-corrected chi connectivity index (χ0v) is 21.3. The minimum atomic E-state index is -3.56. The van der Waals surface area contributed by atoms with E-state index in [0.29, 0.717) is 31.0 Å². The molecular weight excluding hydrogens is 472 g/mol. The molecule has 0 radical (unpaired) electrons. The van der Waals surface area contributed by atoms with Gasteiger partial charge in [-0.2, -0.15) is 0 Å². The average Bonchev–Trinajstić information content (AvgIpc) is 2.76. The molecule has 0 bridgehead atoms. The first kappa shape index (κ1) is 25.9. The first-order chi connectivity index (χ1) is 16.0. The van der Waals surface area contributed by atoms with Gasteiger partial charge in [-0.05, 0) is 75.6 Å². The lowest BCUT2D eigenvalue weighted by molar-refractivity contribution is -0.121. The number of halogens is 1. The van der Waals surface area contributed by atoms with E-state index in [1.165, 1.54) is 0 Å². The zero-order valence-electron chi connectivity index (χ0n) is 19.7. The monoisotopic (exact) mass is 502 g/mol. The number of amides is 1. The number of aryl methyl sites for hydroxylation is 1. The van der Waals surface area contributed by atoms with Crippen LogP contribution < -0.4 is 15.4 Å². The smallest absolute Gasteiger partial charge is 0.241 e. The number of rotatable bonds is 10. The summed E-state index contributed by atoms with van der Waals surface area (Å²) in [5.41, 5.74) is 2.18. The Morgan fingerprint density at radius 1 is 1.03 bits per heavy atom. The third-order valence-corrected chi connectivity index (χ3v) is 7.02. The van der Waals surface area contributed by atoms with Crippen molar-refractivity contribution in [1.82, 2.24) is 15.0 Å². The number of aromatic nitrogens is 1. The Hall–Kier alpha value is -2.68. The highest BCUT2D eigenvalue weighted by Crippen LogP contribution is 2.24. The summed E-state index contributed by atoms with van der Waals surface area (Å²) in [6.07, 6.45) is 3.40. The SMILES string of the molecule is CC(C)(C)NS(=O)(=O)c1ccc(CCC(=O)NCCCNc2ccnc3cc(Cl)ccc23)cc1. The van der Waals surface area contributed by atoms with E-state index in [1.54, 1.807) is 51.2 Å². The number of hydrogen-bond donors (Lipinski definition) is 3. The lowest BCUT2D eigenvalue weighted by Crippen LogP contribution is -2.40. The third-order valence-electron chi connectivity index (χ3n) is 5.01. The van der Waals surface area contributed by atoms with Gasteiger partial charge in [-0.1, -0.05) is 23.7 Å². The number of sulfonamides is 1. The van der Waals surface area contributed by atoms with Crippen LogP contribution in [0, 0.1) is 0 Å². The van der Waals surface area contributed by atoms with E-state index in [9.17, 15) is 13.2 Å². The van der Waals surface area contributed by atoms with Crippen LogP contribution in [0.5, 0.6) is 0 Å². The number of pyridine rings is 1. The van der Waals surface area contributed by atoms with Crippen molar-refractivity contribution in [2.45, 2.75) is 50.5 Å². The molecule has 0 atom stereocenters. The fraction of sp³-hybridized carbons (Fsp3) is 0.360. The van der Waals surface area contributed by atoms with Crippen LogP contribution in [0.4, 0.5) is 5.69 Å². The van der Waals surface area contributed by atoms with Gasteiger partial charge in [0.15, 0.2) is 0 Å². The van der Waals surface area contributed by atoms with Gasteiger partial charge in [0.1, 0.15) is 0 Å². The number of benzene rings is 2. The van der Waals surface area contributed by atoms with Crippen LogP contribution in [0.25, 0.3) is 10.9 Å². The lowest BCUT2D eigenvalue weighted by atomic mass is 10.1. The average molecular weight is 503 g/mol. The van der Waals surface area contributed by atoms with Gasteiger partial charge in [0.05, 0.1) is 10.4 Å². The molecule has 3 N–H and O–H groups in total. The standard InChI is InChI=1S/C25H31ClN4O3S/c1-25(2,3)30-34(32,33)20-9-5-18(6-10-20)7-12-24(31)29-15-4-14-27-22-13-16-28-23-17-19(26)8-11-21(22)23/h5-6,8-11,13,16-17,30H,4,7,12,14-15H2,1-3H3,(H,27,28)(H,29,31). The van der Waals surface area contributed by atoms with Crippen LogP contribution in [0.2, 0.25) is 5.02 Å². The van der Waals surface area contributed by atoms with E-state index in [4.69, 9.17) is 11.6 Å². The minimum absolute atomic E-state index is 0.0323. The van der Waals surface area contributed by atoms with Gasteiger partial charge in [-0.25, -0.2) is 13.1 Å². The highest BCUT2D eigenvalue weighted by molar-refractivity contribution is 7.89. The maximum atomic E-state index is 12.4. The van der Waals surface area contributed by atoms with E-state index in [0.717, 1.165) is 28.6 Å². The Bertz CT molecular complexity index is 1240. The molecule has 34 heavy (non-hydrogen) atoms. The molecule has 182 valence electrons. The molecule has 1 amide bonds. The molecule has 3 aromatic rings. The maximum absolute atomic E-state index is 12.4. The highest BCUT2D eigenvalue weighted by Gasteiger charge is 2.21. The summed E-state index contributed by atoms with van der Waals surface area (Å²) in [7, 11) is -3.56. The summed E-state index contributed by atoms with van der Waals surface area (Å²) in [6.45, 7) is 6.66. The van der Waals surface area contributed by atoms with E-state index in [1.807, 2.05) is 24.3 Å². The second-order valence-electron chi connectivity index (χ2n) is 9.15. The molecular formula is C25H31ClN4O3S. The van der Waals surface area contributed by atoms with Crippen molar-refractivity contribution in [3.63, 3.8) is 0 Å². The van der Waals surface area contributed by atoms with Gasteiger partial charge in [0.25, 0.3) is 0 Å². The van der Waals surface area contributed by atoms with Crippen LogP contribution in [0.3, 0.4) is 0 Å². The second-order valence-corrected chi connectivity index (χ2v) is 11.3. The van der Waals surface area contributed by atoms with Crippen molar-refractivity contribution in [1.29, 1.82) is 0 Å². The molecule has 0 aliphatic heterocycles. The molecule has 0 spiro atoms. The van der Waals surface area contributed by atoms with Crippen LogP contribution in [0.15, 0.2) is 59.6 Å². The maximum Gasteiger partial charge on any atom is 0.241 e. The molecule has 0 aliphatic carbocycles. The normalized spacial score (nSPS) is 12.0. The number of carbonyl (C=O) groups excluding carboxylic acids is 1. The lowest BCUT2D eigenvalue weighted by Gasteiger charge is -2.20. The Kier molecular flexibility index (Phi) is 8.52. The molecule has 0 aliphatic rings. The van der Waals surface area contributed by atoms with Gasteiger partial charge >= 0.3 is 0 Å². The van der Waals surface area contributed by atoms with Gasteiger partial charge in [0.2, 0.25) is 15.9 Å². The second kappa shape index (κ2) is 11.2. The number of hydrogen-bond acceptors (Lipinski definition) is 5. The summed E-state index contributed by atoms with van der Waals surface area (Å²) in [5, 5.41) is 7.97. The first-order valence-corrected chi connectivity index (χ1v) is 13.1. The number of nitrogens with one attached hydrogen (secondary N) is 3. The number of carbonyl (C=O) groups is 1. The Balaban J connectivity index is 1.39. The molecule has 1 heterocycles. The predicted octanol–water partition coefficient (Wildman–Crippen LogP) is 4.52. The minimum Gasteiger partial charge on any atom is -0.384 e. The number of anilines is 1. The van der Waals surface area contributed by atoms with E-state index < -0.39 is 15.6 Å². The predicted molar refractivity (Wildman–Crippen MR) is 138 cm³/mol. The Morgan fingerprint density at radius 3 is 2.47 bits per heavy atom. The fourth-order valence-corrected chi connectivity index (χ4v) is 5.04. The molecule has 7 nitrogen and oxygen atoms in total. The molecule has 0 saturated heterocycles. The van der Waals surface area contributed by atoms with E-state index in [-0.39, 0.29) is 10.8 Å². The number of nitrogens with zero attached hydrogens (tertiary/aromatic N) is 1. The van der Waals surface area contributed by atoms with E-state index >= 15 is 0 Å². The van der Waals surface area contributed by atoms with Crippen molar-refractivity contribution in [3.05, 3.63) is 65.3 Å². The van der Waals surface area contributed by atoms with Gasteiger partial charge in [0, 0.05) is 47.3 Å². The van der Waals surface area contributed by atoms with Crippen LogP contribution in [0.1, 0.15) is 39.2 Å². The van der Waals surface area contributed by atoms with Crippen LogP contribution in [-0.2, 0) is 21.2 Å². The number of fused-ring (bicyclic) bond motifs is 1. The molecule has 9 heteroatoms. The van der Waals surface area contributed by atoms with Crippen molar-refractivity contribution < 1.29 is 13.2 Å². The fourth-order valence-electron chi connectivity index (χ4n) is 3.46. The summed E-state index contributed by atoms with van der Waals surface area (Å²) in [4.78, 5) is 16.7. The van der Waals surface area contributed by atoms with Crippen molar-refractivity contribution in [2.24, 2.45) is 0 Å². The van der Waals surface area contributed by atoms with Gasteiger partial charge < -0.3 is 10.6 Å². The summed E-state index contributed by atoms with van der Waals surface area (Å²) in [6, 6.07) is 14.2. The molecule has 1 aromatic heterocycles. The largest absolute Gasteiger partial charge is 0.384 e. The quantitative estimate of drug-likeness (QED) is 0.354. The summed E-state index contributed by atoms with van der Waals surface area (Å²) < 4.78 is 27.4. The van der Waals surface area contributed by atoms with Crippen LogP contribution in [-0.4, -0.2) is 37.9 Å². The Morgan fingerprint density at radius 2 is 1.76 bits per heavy atom. The molecule has 0 unspecified atom stereocenters. The van der Waals surface area contributed by atoms with Crippen molar-refractivity contribution >= 4 is 44.1 Å². The molecule has 0 fully saturated rings. The molecule has 3 rings (SSSR count). The topological polar surface area (TPSA) is 100 Å². The first-order valence-electron chi connectivity index (χ1n) is 11.2. The third kappa shape index (κ3) is 7.68. The molecule has 0 saturated carbocycles. The van der Waals surface area contributed by atoms with Gasteiger partial charge in [-0.15, -0.1) is 0 Å². The van der Waals surface area contributed by atoms with E-state index in [2.05, 4.69) is 20.3 Å². The molecule has 2 aromatic carbocycles. The Labute approximate surface area is 206 Å². The van der Waals surface area contributed by atoms with Crippen molar-refractivity contribution in [2.75, 3.05) is 18.4 Å². The van der Waals surface area contributed by atoms with Crippen molar-refractivity contribution in [3.8, 4) is 0 Å². The highest BCUT2D eigenvalue weighted by atomic mass is 35.5. The summed E-state index contributed by atoms with van der Waals surface area (Å²) in [5.74, 6) is -0.0323. The zero-order chi connectivity index (χ0) is 24.8.